The molecule has 0 bridgehead atoms. The Balaban J connectivity index is 1.45. The number of nitrogens with zero attached hydrogens (tertiary/aromatic N) is 5. The van der Waals surface area contributed by atoms with Gasteiger partial charge in [0.15, 0.2) is 5.65 Å². The smallest absolute Gasteiger partial charge is 0.260 e. The number of halogens is 1. The molecule has 0 aliphatic carbocycles. The molecule has 3 heterocycles. The molecule has 2 aromatic carbocycles. The number of amides is 1. The molecule has 184 valence electrons. The van der Waals surface area contributed by atoms with Crippen molar-refractivity contribution in [2.24, 2.45) is 0 Å². The molecule has 1 unspecified atom stereocenters. The Morgan fingerprint density at radius 2 is 1.75 bits per heavy atom. The van der Waals surface area contributed by atoms with Crippen molar-refractivity contribution in [3.8, 4) is 28.5 Å². The van der Waals surface area contributed by atoms with E-state index in [2.05, 4.69) is 32.5 Å². The summed E-state index contributed by atoms with van der Waals surface area (Å²) >= 11 is 3.21. The van der Waals surface area contributed by atoms with Crippen LogP contribution in [-0.2, 0) is 4.79 Å². The number of aromatic nitrogens is 4. The zero-order valence-corrected chi connectivity index (χ0v) is 21.3. The SMILES string of the molecule is C=C(Br)C(=O)N1CCCC(n2nc(-c3ccc(Oc4ccc(OC)cc4)cc3)c3c(N)ncnc32)C1. The minimum Gasteiger partial charge on any atom is -0.497 e. The van der Waals surface area contributed by atoms with Gasteiger partial charge in [0.2, 0.25) is 0 Å². The van der Waals surface area contributed by atoms with Gasteiger partial charge in [-0.25, -0.2) is 14.6 Å². The molecule has 1 aliphatic heterocycles. The van der Waals surface area contributed by atoms with Crippen LogP contribution >= 0.6 is 15.9 Å². The molecule has 0 saturated carbocycles. The largest absolute Gasteiger partial charge is 0.497 e. The number of benzene rings is 2. The Labute approximate surface area is 216 Å². The van der Waals surface area contributed by atoms with Gasteiger partial charge in [0.05, 0.1) is 23.0 Å². The Hall–Kier alpha value is -3.92. The third-order valence-electron chi connectivity index (χ3n) is 6.20. The van der Waals surface area contributed by atoms with Crippen LogP contribution in [0, 0.1) is 0 Å². The van der Waals surface area contributed by atoms with E-state index in [-0.39, 0.29) is 11.9 Å². The van der Waals surface area contributed by atoms with Crippen molar-refractivity contribution in [1.82, 2.24) is 24.6 Å². The molecule has 10 heteroatoms. The van der Waals surface area contributed by atoms with Gasteiger partial charge in [-0.1, -0.05) is 6.58 Å². The van der Waals surface area contributed by atoms with Gasteiger partial charge in [-0.05, 0) is 77.3 Å². The van der Waals surface area contributed by atoms with E-state index < -0.39 is 0 Å². The highest BCUT2D eigenvalue weighted by atomic mass is 79.9. The molecule has 1 saturated heterocycles. The summed E-state index contributed by atoms with van der Waals surface area (Å²) in [6, 6.07) is 15.0. The molecule has 2 aromatic heterocycles. The topological polar surface area (TPSA) is 108 Å². The van der Waals surface area contributed by atoms with Gasteiger partial charge in [-0.3, -0.25) is 4.79 Å². The Morgan fingerprint density at radius 1 is 1.08 bits per heavy atom. The van der Waals surface area contributed by atoms with Crippen LogP contribution in [0.1, 0.15) is 18.9 Å². The third-order valence-corrected chi connectivity index (χ3v) is 6.54. The van der Waals surface area contributed by atoms with Gasteiger partial charge < -0.3 is 20.1 Å². The first kappa shape index (κ1) is 23.8. The number of nitrogens with two attached hydrogens (primary N) is 1. The summed E-state index contributed by atoms with van der Waals surface area (Å²) in [4.78, 5) is 23.0. The average Bonchev–Trinajstić information content (AvgIpc) is 3.30. The first-order valence-corrected chi connectivity index (χ1v) is 12.3. The van der Waals surface area contributed by atoms with Crippen LogP contribution in [0.3, 0.4) is 0 Å². The lowest BCUT2D eigenvalue weighted by Gasteiger charge is -2.32. The second-order valence-electron chi connectivity index (χ2n) is 8.50. The van der Waals surface area contributed by atoms with Crippen LogP contribution in [-0.4, -0.2) is 50.8 Å². The van der Waals surface area contributed by atoms with Crippen LogP contribution in [0.25, 0.3) is 22.3 Å². The van der Waals surface area contributed by atoms with Gasteiger partial charge >= 0.3 is 0 Å². The lowest BCUT2D eigenvalue weighted by molar-refractivity contribution is -0.127. The van der Waals surface area contributed by atoms with Crippen LogP contribution in [0.2, 0.25) is 0 Å². The number of carbonyl (C=O) groups is 1. The van der Waals surface area contributed by atoms with E-state index in [9.17, 15) is 4.79 Å². The number of likely N-dealkylation sites (tertiary alicyclic amines) is 1. The fourth-order valence-corrected chi connectivity index (χ4v) is 4.67. The van der Waals surface area contributed by atoms with Crippen LogP contribution in [0.15, 0.2) is 65.9 Å². The summed E-state index contributed by atoms with van der Waals surface area (Å²) < 4.78 is 13.4. The number of methoxy groups -OCH3 is 1. The summed E-state index contributed by atoms with van der Waals surface area (Å²) in [7, 11) is 1.63. The van der Waals surface area contributed by atoms with Crippen molar-refractivity contribution in [2.45, 2.75) is 18.9 Å². The quantitative estimate of drug-likeness (QED) is 0.339. The monoisotopic (exact) mass is 548 g/mol. The lowest BCUT2D eigenvalue weighted by Crippen LogP contribution is -2.41. The fraction of sp³-hybridized carbons (Fsp3) is 0.231. The average molecular weight is 549 g/mol. The minimum absolute atomic E-state index is 0.0437. The van der Waals surface area contributed by atoms with E-state index >= 15 is 0 Å². The van der Waals surface area contributed by atoms with Crippen molar-refractivity contribution in [3.05, 3.63) is 65.9 Å². The molecule has 2 N–H and O–H groups in total. The standard InChI is InChI=1S/C26H25BrN6O3/c1-16(27)26(34)32-13-3-4-18(14-32)33-25-22(24(28)29-15-30-25)23(31-33)17-5-7-20(8-6-17)36-21-11-9-19(35-2)10-12-21/h5-12,15,18H,1,3-4,13-14H2,2H3,(H2,28,29,30). The molecule has 4 aromatic rings. The number of carbonyl (C=O) groups excluding carboxylic acids is 1. The van der Waals surface area contributed by atoms with Crippen LogP contribution in [0.4, 0.5) is 5.82 Å². The van der Waals surface area contributed by atoms with E-state index in [0.29, 0.717) is 51.6 Å². The molecule has 1 atom stereocenters. The number of hydrogen-bond donors (Lipinski definition) is 1. The Morgan fingerprint density at radius 3 is 2.42 bits per heavy atom. The van der Waals surface area contributed by atoms with Crippen molar-refractivity contribution >= 4 is 38.7 Å². The summed E-state index contributed by atoms with van der Waals surface area (Å²) in [5.41, 5.74) is 8.48. The Bertz CT molecular complexity index is 1420. The van der Waals surface area contributed by atoms with E-state index in [1.54, 1.807) is 12.0 Å². The van der Waals surface area contributed by atoms with Crippen LogP contribution in [0.5, 0.6) is 17.2 Å². The molecular formula is C26H25BrN6O3. The fourth-order valence-electron chi connectivity index (χ4n) is 4.42. The number of anilines is 1. The zero-order valence-electron chi connectivity index (χ0n) is 19.7. The van der Waals surface area contributed by atoms with E-state index in [1.807, 2.05) is 53.2 Å². The first-order valence-electron chi connectivity index (χ1n) is 11.5. The zero-order chi connectivity index (χ0) is 25.2. The summed E-state index contributed by atoms with van der Waals surface area (Å²) in [5.74, 6) is 2.41. The number of ether oxygens (including phenoxy) is 2. The summed E-state index contributed by atoms with van der Waals surface area (Å²) in [5, 5.41) is 5.61. The Kier molecular flexibility index (Phi) is 6.60. The van der Waals surface area contributed by atoms with Gasteiger partial charge in [0, 0.05) is 18.7 Å². The van der Waals surface area contributed by atoms with Gasteiger partial charge in [-0.2, -0.15) is 5.10 Å². The highest BCUT2D eigenvalue weighted by Gasteiger charge is 2.29. The van der Waals surface area contributed by atoms with E-state index in [1.165, 1.54) is 6.33 Å². The number of rotatable bonds is 6. The van der Waals surface area contributed by atoms with E-state index in [4.69, 9.17) is 20.3 Å². The maximum Gasteiger partial charge on any atom is 0.260 e. The second-order valence-corrected chi connectivity index (χ2v) is 9.46. The predicted molar refractivity (Wildman–Crippen MR) is 141 cm³/mol. The number of nitrogen functional groups attached to an aromatic ring is 1. The minimum atomic E-state index is -0.113. The first-order chi connectivity index (χ1) is 17.4. The highest BCUT2D eigenvalue weighted by Crippen LogP contribution is 2.35. The molecule has 9 nitrogen and oxygen atoms in total. The van der Waals surface area contributed by atoms with Gasteiger partial charge in [0.1, 0.15) is 35.1 Å². The molecule has 5 rings (SSSR count). The molecule has 1 fully saturated rings. The highest BCUT2D eigenvalue weighted by molar-refractivity contribution is 9.12. The van der Waals surface area contributed by atoms with Crippen molar-refractivity contribution in [2.75, 3.05) is 25.9 Å². The number of fused-ring (bicyclic) bond motifs is 1. The summed E-state index contributed by atoms with van der Waals surface area (Å²) in [6.07, 6.45) is 3.16. The maximum atomic E-state index is 12.5. The number of piperidine rings is 1. The molecule has 1 amide bonds. The molecular weight excluding hydrogens is 524 g/mol. The summed E-state index contributed by atoms with van der Waals surface area (Å²) in [6.45, 7) is 4.92. The van der Waals surface area contributed by atoms with Crippen molar-refractivity contribution in [3.63, 3.8) is 0 Å². The normalized spacial score (nSPS) is 15.6. The molecule has 0 radical (unpaired) electrons. The third kappa shape index (κ3) is 4.64. The van der Waals surface area contributed by atoms with E-state index in [0.717, 1.165) is 24.2 Å². The molecule has 0 spiro atoms. The maximum absolute atomic E-state index is 12.5. The van der Waals surface area contributed by atoms with Crippen LogP contribution < -0.4 is 15.2 Å². The lowest BCUT2D eigenvalue weighted by atomic mass is 10.1. The van der Waals surface area contributed by atoms with Crippen molar-refractivity contribution < 1.29 is 14.3 Å². The second kappa shape index (κ2) is 9.98. The predicted octanol–water partition coefficient (Wildman–Crippen LogP) is 4.95. The molecule has 36 heavy (non-hydrogen) atoms. The van der Waals surface area contributed by atoms with Gasteiger partial charge in [-0.15, -0.1) is 0 Å². The van der Waals surface area contributed by atoms with Crippen molar-refractivity contribution in [1.29, 1.82) is 0 Å². The number of hydrogen-bond acceptors (Lipinski definition) is 7. The molecule has 1 aliphatic rings. The van der Waals surface area contributed by atoms with Gasteiger partial charge in [0.25, 0.3) is 5.91 Å².